The molecule has 0 aliphatic rings. The molecule has 0 atom stereocenters. The molecule has 1 aromatic carbocycles. The predicted molar refractivity (Wildman–Crippen MR) is 158 cm³/mol. The molecule has 0 aliphatic heterocycles. The maximum atomic E-state index is 16.2. The SMILES string of the molecule is C=CC(=O)Nc1cc(N(F)c2nccc(-c3cn(C)c4cc(F)c(F)cc34)n2)c(OC(C)C)nc1N(C)CCN(C)C. The Morgan fingerprint density at radius 3 is 2.52 bits per heavy atom. The van der Waals surface area contributed by atoms with Crippen LogP contribution < -0.4 is 20.1 Å². The minimum Gasteiger partial charge on any atom is -0.473 e. The van der Waals surface area contributed by atoms with Gasteiger partial charge in [0.1, 0.15) is 5.69 Å². The molecular weight excluding hydrogens is 549 g/mol. The van der Waals surface area contributed by atoms with E-state index in [4.69, 9.17) is 4.74 Å². The summed E-state index contributed by atoms with van der Waals surface area (Å²) in [6.45, 7) is 8.29. The van der Waals surface area contributed by atoms with E-state index in [-0.39, 0.29) is 40.1 Å². The van der Waals surface area contributed by atoms with Crippen LogP contribution in [0.25, 0.3) is 22.2 Å². The van der Waals surface area contributed by atoms with Gasteiger partial charge in [-0.15, -0.1) is 5.12 Å². The molecule has 0 fully saturated rings. The monoisotopic (exact) mass is 582 g/mol. The van der Waals surface area contributed by atoms with E-state index in [0.29, 0.717) is 35.4 Å². The van der Waals surface area contributed by atoms with Crippen molar-refractivity contribution in [1.29, 1.82) is 0 Å². The fourth-order valence-corrected chi connectivity index (χ4v) is 4.23. The van der Waals surface area contributed by atoms with E-state index in [2.05, 4.69) is 26.8 Å². The number of rotatable bonds is 11. The van der Waals surface area contributed by atoms with Gasteiger partial charge in [0.25, 0.3) is 5.95 Å². The first-order valence-electron chi connectivity index (χ1n) is 13.1. The highest BCUT2D eigenvalue weighted by Crippen LogP contribution is 2.39. The lowest BCUT2D eigenvalue weighted by Gasteiger charge is -2.26. The number of nitrogens with zero attached hydrogens (tertiary/aromatic N) is 7. The maximum absolute atomic E-state index is 16.2. The van der Waals surface area contributed by atoms with Gasteiger partial charge in [0, 0.05) is 56.6 Å². The van der Waals surface area contributed by atoms with E-state index in [0.717, 1.165) is 18.2 Å². The Morgan fingerprint density at radius 2 is 1.86 bits per heavy atom. The van der Waals surface area contributed by atoms with Crippen LogP contribution in [0.5, 0.6) is 5.88 Å². The molecule has 3 aromatic heterocycles. The summed E-state index contributed by atoms with van der Waals surface area (Å²) in [4.78, 5) is 29.2. The van der Waals surface area contributed by atoms with Gasteiger partial charge < -0.3 is 24.4 Å². The summed E-state index contributed by atoms with van der Waals surface area (Å²) in [6, 6.07) is 5.10. The summed E-state index contributed by atoms with van der Waals surface area (Å²) in [7, 11) is 7.34. The Balaban J connectivity index is 1.82. The largest absolute Gasteiger partial charge is 0.473 e. The first-order valence-corrected chi connectivity index (χ1v) is 13.1. The number of benzene rings is 1. The molecule has 4 rings (SSSR count). The fourth-order valence-electron chi connectivity index (χ4n) is 4.23. The number of aryl methyl sites for hydroxylation is 1. The highest BCUT2D eigenvalue weighted by molar-refractivity contribution is 6.01. The molecule has 0 aliphatic carbocycles. The van der Waals surface area contributed by atoms with Crippen LogP contribution in [0.4, 0.5) is 36.4 Å². The lowest BCUT2D eigenvalue weighted by molar-refractivity contribution is -0.111. The lowest BCUT2D eigenvalue weighted by Crippen LogP contribution is -2.30. The topological polar surface area (TPSA) is 91.6 Å². The number of pyridine rings is 1. The first-order chi connectivity index (χ1) is 19.9. The number of carbonyl (C=O) groups is 1. The number of carbonyl (C=O) groups excluding carboxylic acids is 1. The van der Waals surface area contributed by atoms with Crippen molar-refractivity contribution in [2.45, 2.75) is 20.0 Å². The Hall–Kier alpha value is -4.65. The van der Waals surface area contributed by atoms with Gasteiger partial charge in [0.2, 0.25) is 11.8 Å². The summed E-state index contributed by atoms with van der Waals surface area (Å²) in [6.07, 6.45) is 3.73. The van der Waals surface area contributed by atoms with Gasteiger partial charge in [-0.3, -0.25) is 4.79 Å². The molecule has 0 bridgehead atoms. The number of hydrogen-bond acceptors (Lipinski definition) is 8. The average molecular weight is 583 g/mol. The number of nitrogens with one attached hydrogen (secondary N) is 1. The van der Waals surface area contributed by atoms with Crippen LogP contribution in [0.15, 0.2) is 49.3 Å². The van der Waals surface area contributed by atoms with Crippen LogP contribution in [-0.4, -0.2) is 70.7 Å². The highest BCUT2D eigenvalue weighted by atomic mass is 19.2. The van der Waals surface area contributed by atoms with E-state index in [1.165, 1.54) is 18.3 Å². The maximum Gasteiger partial charge on any atom is 0.259 e. The molecule has 0 unspecified atom stereocenters. The Bertz CT molecular complexity index is 1620. The van der Waals surface area contributed by atoms with Crippen LogP contribution in [0.2, 0.25) is 0 Å². The third-order valence-electron chi connectivity index (χ3n) is 6.32. The van der Waals surface area contributed by atoms with E-state index in [9.17, 15) is 13.6 Å². The van der Waals surface area contributed by atoms with Crippen molar-refractivity contribution in [2.75, 3.05) is 49.6 Å². The molecule has 222 valence electrons. The predicted octanol–water partition coefficient (Wildman–Crippen LogP) is 5.24. The van der Waals surface area contributed by atoms with Gasteiger partial charge in [0.05, 0.1) is 23.0 Å². The van der Waals surface area contributed by atoms with Crippen LogP contribution in [0.3, 0.4) is 0 Å². The van der Waals surface area contributed by atoms with Crippen molar-refractivity contribution in [1.82, 2.24) is 24.4 Å². The summed E-state index contributed by atoms with van der Waals surface area (Å²) >= 11 is 0. The smallest absolute Gasteiger partial charge is 0.259 e. The third-order valence-corrected chi connectivity index (χ3v) is 6.32. The standard InChI is InChI=1S/C29H33F3N8O2/c1-8-26(41)34-23-15-25(28(42-17(2)3)36-27(23)38(6)12-11-37(4)5)40(32)29-33-10-9-22(35-29)19-16-39(7)24-14-21(31)20(30)13-18(19)24/h8-10,13-17H,1,11-12H2,2-7H3,(H,34,41). The average Bonchev–Trinajstić information content (AvgIpc) is 3.26. The van der Waals surface area contributed by atoms with E-state index in [1.807, 2.05) is 23.9 Å². The summed E-state index contributed by atoms with van der Waals surface area (Å²) in [5.74, 6) is -2.55. The lowest BCUT2D eigenvalue weighted by atomic mass is 10.1. The van der Waals surface area contributed by atoms with Crippen molar-refractivity contribution in [3.8, 4) is 17.1 Å². The van der Waals surface area contributed by atoms with Crippen LogP contribution in [-0.2, 0) is 11.8 Å². The van der Waals surface area contributed by atoms with Crippen LogP contribution in [0.1, 0.15) is 13.8 Å². The summed E-state index contributed by atoms with van der Waals surface area (Å²) in [5, 5.41) is 3.29. The zero-order valence-electron chi connectivity index (χ0n) is 24.3. The van der Waals surface area contributed by atoms with Gasteiger partial charge in [-0.2, -0.15) is 4.98 Å². The van der Waals surface area contributed by atoms with Gasteiger partial charge in [-0.25, -0.2) is 18.7 Å². The second-order valence-corrected chi connectivity index (χ2v) is 10.2. The fraction of sp³-hybridized carbons (Fsp3) is 0.310. The van der Waals surface area contributed by atoms with E-state index < -0.39 is 17.5 Å². The van der Waals surface area contributed by atoms with E-state index in [1.54, 1.807) is 38.7 Å². The number of ether oxygens (including phenoxy) is 1. The Morgan fingerprint density at radius 1 is 1.14 bits per heavy atom. The molecule has 3 heterocycles. The number of aromatic nitrogens is 4. The molecule has 0 spiro atoms. The minimum absolute atomic E-state index is 0.0486. The molecule has 0 saturated carbocycles. The van der Waals surface area contributed by atoms with Crippen molar-refractivity contribution in [2.24, 2.45) is 7.05 Å². The number of hydrogen-bond donors (Lipinski definition) is 1. The molecule has 0 saturated heterocycles. The third kappa shape index (κ3) is 6.46. The Kier molecular flexibility index (Phi) is 9.00. The molecular formula is C29H33F3N8O2. The van der Waals surface area contributed by atoms with Crippen molar-refractivity contribution in [3.63, 3.8) is 0 Å². The second-order valence-electron chi connectivity index (χ2n) is 10.2. The highest BCUT2D eigenvalue weighted by Gasteiger charge is 2.25. The number of likely N-dealkylation sites (N-methyl/N-ethyl adjacent to an activating group) is 2. The first kappa shape index (κ1) is 30.3. The van der Waals surface area contributed by atoms with Crippen molar-refractivity contribution in [3.05, 3.63) is 60.9 Å². The number of halogens is 3. The molecule has 0 radical (unpaired) electrons. The number of amides is 1. The van der Waals surface area contributed by atoms with Gasteiger partial charge in [0.15, 0.2) is 17.5 Å². The molecule has 1 amide bonds. The molecule has 42 heavy (non-hydrogen) atoms. The normalized spacial score (nSPS) is 11.3. The van der Waals surface area contributed by atoms with Crippen molar-refractivity contribution < 1.29 is 22.8 Å². The minimum atomic E-state index is -1.01. The van der Waals surface area contributed by atoms with Gasteiger partial charge in [-0.1, -0.05) is 11.1 Å². The molecule has 10 nitrogen and oxygen atoms in total. The van der Waals surface area contributed by atoms with Gasteiger partial charge in [-0.05, 0) is 52.2 Å². The molecule has 4 aromatic rings. The van der Waals surface area contributed by atoms with Crippen molar-refractivity contribution >= 4 is 40.0 Å². The zero-order valence-corrected chi connectivity index (χ0v) is 24.3. The molecule has 13 heteroatoms. The second kappa shape index (κ2) is 12.5. The zero-order chi connectivity index (χ0) is 30.7. The van der Waals surface area contributed by atoms with E-state index >= 15 is 4.48 Å². The summed E-state index contributed by atoms with van der Waals surface area (Å²) < 4.78 is 51.7. The van der Waals surface area contributed by atoms with Crippen LogP contribution in [0, 0.1) is 11.6 Å². The van der Waals surface area contributed by atoms with Gasteiger partial charge >= 0.3 is 0 Å². The number of anilines is 4. The Labute approximate surface area is 242 Å². The quantitative estimate of drug-likeness (QED) is 0.190. The molecule has 1 N–H and O–H groups in total. The van der Waals surface area contributed by atoms with Crippen LogP contribution >= 0.6 is 0 Å². The number of fused-ring (bicyclic) bond motifs is 1. The summed E-state index contributed by atoms with van der Waals surface area (Å²) in [5.41, 5.74) is 1.24.